The average Bonchev–Trinajstić information content (AvgIpc) is 2.45. The molecule has 0 bridgehead atoms. The van der Waals surface area contributed by atoms with Crippen LogP contribution in [-0.4, -0.2) is 68.2 Å². The van der Waals surface area contributed by atoms with Gasteiger partial charge in [-0.2, -0.15) is 17.2 Å². The highest BCUT2D eigenvalue weighted by Gasteiger charge is 2.46. The van der Waals surface area contributed by atoms with Crippen LogP contribution in [0.3, 0.4) is 0 Å². The van der Waals surface area contributed by atoms with Crippen molar-refractivity contribution in [1.29, 1.82) is 0 Å². The van der Waals surface area contributed by atoms with Gasteiger partial charge in [0, 0.05) is 19.1 Å². The SMILES string of the molecule is O=S(=O)(O)C(F)(F)COC1CCCCC1N1CCOCC1. The van der Waals surface area contributed by atoms with E-state index < -0.39 is 28.1 Å². The molecule has 1 N–H and O–H groups in total. The maximum Gasteiger partial charge on any atom is 0.392 e. The second-order valence-corrected chi connectivity index (χ2v) is 7.01. The molecule has 1 saturated heterocycles. The molecule has 1 aliphatic carbocycles. The maximum atomic E-state index is 13.3. The predicted molar refractivity (Wildman–Crippen MR) is 70.9 cm³/mol. The van der Waals surface area contributed by atoms with Crippen molar-refractivity contribution in [3.63, 3.8) is 0 Å². The highest BCUT2D eigenvalue weighted by atomic mass is 32.2. The van der Waals surface area contributed by atoms with Crippen LogP contribution in [0, 0.1) is 0 Å². The zero-order valence-corrected chi connectivity index (χ0v) is 12.5. The first-order chi connectivity index (χ1) is 9.81. The Labute approximate surface area is 123 Å². The Bertz CT molecular complexity index is 439. The average molecular weight is 329 g/mol. The van der Waals surface area contributed by atoms with Crippen molar-refractivity contribution in [2.24, 2.45) is 0 Å². The standard InChI is InChI=1S/C12H21F2NO5S/c13-12(14,21(16,17)18)9-20-11-4-2-1-3-10(11)15-5-7-19-8-6-15/h10-11H,1-9H2,(H,16,17,18). The molecule has 0 amide bonds. The van der Waals surface area contributed by atoms with Crippen molar-refractivity contribution in [1.82, 2.24) is 4.90 Å². The molecule has 6 nitrogen and oxygen atoms in total. The Balaban J connectivity index is 1.96. The molecule has 2 rings (SSSR count). The highest BCUT2D eigenvalue weighted by Crippen LogP contribution is 2.29. The molecular weight excluding hydrogens is 308 g/mol. The molecule has 2 atom stereocenters. The van der Waals surface area contributed by atoms with E-state index in [0.29, 0.717) is 19.6 Å². The van der Waals surface area contributed by atoms with Gasteiger partial charge < -0.3 is 9.47 Å². The van der Waals surface area contributed by atoms with E-state index in [1.165, 1.54) is 0 Å². The monoisotopic (exact) mass is 329 g/mol. The molecule has 0 aromatic carbocycles. The third-order valence-corrected chi connectivity index (χ3v) is 4.90. The summed E-state index contributed by atoms with van der Waals surface area (Å²) in [7, 11) is -5.44. The quantitative estimate of drug-likeness (QED) is 0.762. The smallest absolute Gasteiger partial charge is 0.379 e. The maximum absolute atomic E-state index is 13.3. The Kier molecular flexibility index (Phi) is 5.53. The molecular formula is C12H21F2NO5S. The molecule has 2 unspecified atom stereocenters. The number of rotatable bonds is 5. The minimum absolute atomic E-state index is 0.000142. The van der Waals surface area contributed by atoms with Gasteiger partial charge in [0.25, 0.3) is 0 Å². The summed E-state index contributed by atoms with van der Waals surface area (Å²) in [5.41, 5.74) is 0. The van der Waals surface area contributed by atoms with Crippen molar-refractivity contribution in [2.45, 2.75) is 43.1 Å². The zero-order valence-electron chi connectivity index (χ0n) is 11.7. The van der Waals surface area contributed by atoms with E-state index in [1.807, 2.05) is 0 Å². The fourth-order valence-corrected chi connectivity index (χ4v) is 3.09. The van der Waals surface area contributed by atoms with Gasteiger partial charge in [-0.05, 0) is 12.8 Å². The first-order valence-corrected chi connectivity index (χ1v) is 8.53. The molecule has 9 heteroatoms. The van der Waals surface area contributed by atoms with Crippen LogP contribution < -0.4 is 0 Å². The van der Waals surface area contributed by atoms with Crippen LogP contribution in [-0.2, 0) is 19.6 Å². The number of hydrogen-bond acceptors (Lipinski definition) is 5. The van der Waals surface area contributed by atoms with Crippen molar-refractivity contribution in [2.75, 3.05) is 32.9 Å². The van der Waals surface area contributed by atoms with Gasteiger partial charge in [0.1, 0.15) is 6.61 Å². The molecule has 1 heterocycles. The minimum atomic E-state index is -5.44. The van der Waals surface area contributed by atoms with E-state index in [2.05, 4.69) is 4.90 Å². The van der Waals surface area contributed by atoms with Gasteiger partial charge in [0.15, 0.2) is 0 Å². The number of morpholine rings is 1. The van der Waals surface area contributed by atoms with Crippen molar-refractivity contribution < 1.29 is 31.2 Å². The van der Waals surface area contributed by atoms with Crippen molar-refractivity contribution in [3.8, 4) is 0 Å². The third-order valence-electron chi connectivity index (χ3n) is 4.03. The summed E-state index contributed by atoms with van der Waals surface area (Å²) in [5, 5.41) is -4.26. The number of alkyl halides is 2. The molecule has 0 aromatic rings. The second kappa shape index (κ2) is 6.82. The summed E-state index contributed by atoms with van der Waals surface area (Å²) >= 11 is 0. The molecule has 0 radical (unpaired) electrons. The normalized spacial score (nSPS) is 29.5. The summed E-state index contributed by atoms with van der Waals surface area (Å²) in [6.07, 6.45) is 2.87. The molecule has 2 aliphatic rings. The molecule has 124 valence electrons. The van der Waals surface area contributed by atoms with Crippen molar-refractivity contribution in [3.05, 3.63) is 0 Å². The third kappa shape index (κ3) is 4.32. The number of hydrogen-bond donors (Lipinski definition) is 1. The van der Waals surface area contributed by atoms with Crippen LogP contribution in [0.5, 0.6) is 0 Å². The highest BCUT2D eigenvalue weighted by molar-refractivity contribution is 7.86. The van der Waals surface area contributed by atoms with Gasteiger partial charge in [-0.1, -0.05) is 12.8 Å². The topological polar surface area (TPSA) is 76.1 Å². The van der Waals surface area contributed by atoms with E-state index in [1.54, 1.807) is 0 Å². The van der Waals surface area contributed by atoms with E-state index in [4.69, 9.17) is 14.0 Å². The Morgan fingerprint density at radius 2 is 1.86 bits per heavy atom. The first kappa shape index (κ1) is 17.0. The first-order valence-electron chi connectivity index (χ1n) is 7.09. The zero-order chi connectivity index (χ0) is 15.5. The van der Waals surface area contributed by atoms with Crippen molar-refractivity contribution >= 4 is 10.1 Å². The van der Waals surface area contributed by atoms with E-state index in [0.717, 1.165) is 32.4 Å². The van der Waals surface area contributed by atoms with Gasteiger partial charge in [-0.15, -0.1) is 0 Å². The van der Waals surface area contributed by atoms with Gasteiger partial charge in [-0.25, -0.2) is 0 Å². The second-order valence-electron chi connectivity index (χ2n) is 5.46. The fraction of sp³-hybridized carbons (Fsp3) is 1.00. The fourth-order valence-electron chi connectivity index (χ4n) is 2.88. The number of ether oxygens (including phenoxy) is 2. The van der Waals surface area contributed by atoms with Gasteiger partial charge in [0.05, 0.1) is 19.3 Å². The molecule has 0 spiro atoms. The Hall–Kier alpha value is -0.350. The predicted octanol–water partition coefficient (Wildman–Crippen LogP) is 1.13. The summed E-state index contributed by atoms with van der Waals surface area (Å²) in [6.45, 7) is 1.34. The van der Waals surface area contributed by atoms with Crippen LogP contribution in [0.25, 0.3) is 0 Å². The Morgan fingerprint density at radius 3 is 2.48 bits per heavy atom. The minimum Gasteiger partial charge on any atom is -0.379 e. The number of nitrogens with zero attached hydrogens (tertiary/aromatic N) is 1. The lowest BCUT2D eigenvalue weighted by molar-refractivity contribution is -0.102. The Morgan fingerprint density at radius 1 is 1.24 bits per heavy atom. The van der Waals surface area contributed by atoms with Gasteiger partial charge in [-0.3, -0.25) is 9.45 Å². The molecule has 2 fully saturated rings. The van der Waals surface area contributed by atoms with Crippen LogP contribution in [0.4, 0.5) is 8.78 Å². The molecule has 1 aliphatic heterocycles. The summed E-state index contributed by atoms with van der Waals surface area (Å²) < 4.78 is 66.7. The lowest BCUT2D eigenvalue weighted by atomic mass is 9.91. The van der Waals surface area contributed by atoms with E-state index >= 15 is 0 Å². The largest absolute Gasteiger partial charge is 0.392 e. The van der Waals surface area contributed by atoms with E-state index in [-0.39, 0.29) is 6.04 Å². The van der Waals surface area contributed by atoms with Gasteiger partial charge in [0.2, 0.25) is 0 Å². The number of halogens is 2. The summed E-state index contributed by atoms with van der Waals surface area (Å²) in [4.78, 5) is 2.15. The molecule has 1 saturated carbocycles. The van der Waals surface area contributed by atoms with Crippen LogP contribution in [0.2, 0.25) is 0 Å². The van der Waals surface area contributed by atoms with Crippen LogP contribution in [0.15, 0.2) is 0 Å². The van der Waals surface area contributed by atoms with Crippen LogP contribution >= 0.6 is 0 Å². The summed E-state index contributed by atoms with van der Waals surface area (Å²) in [6, 6.07) is -0.000142. The van der Waals surface area contributed by atoms with Gasteiger partial charge >= 0.3 is 15.4 Å². The lowest BCUT2D eigenvalue weighted by Gasteiger charge is -2.41. The van der Waals surface area contributed by atoms with Crippen LogP contribution in [0.1, 0.15) is 25.7 Å². The molecule has 0 aromatic heterocycles. The lowest BCUT2D eigenvalue weighted by Crippen LogP contribution is -2.52. The molecule has 21 heavy (non-hydrogen) atoms. The van der Waals surface area contributed by atoms with E-state index in [9.17, 15) is 17.2 Å². The summed E-state index contributed by atoms with van der Waals surface area (Å²) in [5.74, 6) is 0.